The Morgan fingerprint density at radius 3 is 2.65 bits per heavy atom. The summed E-state index contributed by atoms with van der Waals surface area (Å²) in [6, 6.07) is 8.28. The molecule has 1 aromatic rings. The van der Waals surface area contributed by atoms with E-state index in [0.29, 0.717) is 19.6 Å². The number of rotatable bonds is 8. The van der Waals surface area contributed by atoms with Crippen molar-refractivity contribution in [2.75, 3.05) is 13.2 Å². The number of halogens is 1. The fourth-order valence-corrected chi connectivity index (χ4v) is 3.61. The molecule has 1 amide bonds. The van der Waals surface area contributed by atoms with Crippen LogP contribution in [0.25, 0.3) is 0 Å². The molecule has 1 heterocycles. The third-order valence-corrected chi connectivity index (χ3v) is 5.10. The highest BCUT2D eigenvalue weighted by atomic mass is 79.9. The van der Waals surface area contributed by atoms with Crippen LogP contribution in [0.3, 0.4) is 0 Å². The van der Waals surface area contributed by atoms with Gasteiger partial charge in [0, 0.05) is 24.1 Å². The fourth-order valence-electron chi connectivity index (χ4n) is 3.21. The van der Waals surface area contributed by atoms with Gasteiger partial charge < -0.3 is 10.1 Å². The van der Waals surface area contributed by atoms with Crippen molar-refractivity contribution in [2.24, 2.45) is 0 Å². The molecule has 0 radical (unpaired) electrons. The monoisotopic (exact) mass is 381 g/mol. The first-order valence-electron chi connectivity index (χ1n) is 8.81. The van der Waals surface area contributed by atoms with Gasteiger partial charge in [-0.05, 0) is 37.0 Å². The van der Waals surface area contributed by atoms with Gasteiger partial charge in [-0.2, -0.15) is 0 Å². The molecule has 1 aliphatic rings. The zero-order chi connectivity index (χ0) is 16.5. The van der Waals surface area contributed by atoms with Crippen LogP contribution >= 0.6 is 15.9 Å². The van der Waals surface area contributed by atoms with Gasteiger partial charge in [0.2, 0.25) is 5.91 Å². The Labute approximate surface area is 148 Å². The molecule has 1 saturated heterocycles. The van der Waals surface area contributed by atoms with E-state index in [1.54, 1.807) is 0 Å². The number of carbonyl (C=O) groups excluding carboxylic acids is 1. The summed E-state index contributed by atoms with van der Waals surface area (Å²) in [5.41, 5.74) is 0.900. The van der Waals surface area contributed by atoms with Crippen LogP contribution in [0.15, 0.2) is 28.7 Å². The second kappa shape index (κ2) is 9.43. The van der Waals surface area contributed by atoms with Gasteiger partial charge in [0.05, 0.1) is 5.54 Å². The van der Waals surface area contributed by atoms with Crippen LogP contribution in [-0.4, -0.2) is 19.1 Å². The van der Waals surface area contributed by atoms with Crippen molar-refractivity contribution in [3.63, 3.8) is 0 Å². The van der Waals surface area contributed by atoms with E-state index in [1.165, 1.54) is 24.8 Å². The van der Waals surface area contributed by atoms with E-state index < -0.39 is 0 Å². The maximum absolute atomic E-state index is 12.4. The minimum absolute atomic E-state index is 0.170. The third-order valence-electron chi connectivity index (χ3n) is 4.61. The van der Waals surface area contributed by atoms with E-state index >= 15 is 0 Å². The molecule has 0 aromatic heterocycles. The normalized spacial score (nSPS) is 17.0. The second-order valence-electron chi connectivity index (χ2n) is 6.42. The zero-order valence-corrected chi connectivity index (χ0v) is 15.7. The number of carbonyl (C=O) groups is 1. The quantitative estimate of drug-likeness (QED) is 0.648. The Balaban J connectivity index is 1.97. The van der Waals surface area contributed by atoms with Crippen LogP contribution in [0.4, 0.5) is 0 Å². The van der Waals surface area contributed by atoms with Gasteiger partial charge in [-0.15, -0.1) is 0 Å². The summed E-state index contributed by atoms with van der Waals surface area (Å²) in [6.07, 6.45) is 8.16. The average molecular weight is 382 g/mol. The third kappa shape index (κ3) is 5.61. The Hall–Kier alpha value is -0.870. The molecule has 1 fully saturated rings. The molecule has 0 unspecified atom stereocenters. The summed E-state index contributed by atoms with van der Waals surface area (Å²) in [7, 11) is 0. The van der Waals surface area contributed by atoms with Crippen molar-refractivity contribution in [3.05, 3.63) is 34.3 Å². The lowest BCUT2D eigenvalue weighted by molar-refractivity contribution is -0.124. The predicted octanol–water partition coefficient (Wildman–Crippen LogP) is 4.93. The zero-order valence-electron chi connectivity index (χ0n) is 14.1. The van der Waals surface area contributed by atoms with E-state index in [2.05, 4.69) is 40.3 Å². The molecule has 4 heteroatoms. The summed E-state index contributed by atoms with van der Waals surface area (Å²) >= 11 is 3.54. The van der Waals surface area contributed by atoms with Crippen molar-refractivity contribution in [1.29, 1.82) is 0 Å². The van der Waals surface area contributed by atoms with Gasteiger partial charge in [0.15, 0.2) is 0 Å². The molecule has 0 aliphatic carbocycles. The van der Waals surface area contributed by atoms with Crippen molar-refractivity contribution in [1.82, 2.24) is 5.32 Å². The highest BCUT2D eigenvalue weighted by Crippen LogP contribution is 2.33. The predicted molar refractivity (Wildman–Crippen MR) is 97.4 cm³/mol. The number of ether oxygens (including phenoxy) is 1. The van der Waals surface area contributed by atoms with Crippen LogP contribution in [0.2, 0.25) is 0 Å². The van der Waals surface area contributed by atoms with Crippen LogP contribution in [-0.2, 0) is 15.1 Å². The molecule has 0 saturated carbocycles. The van der Waals surface area contributed by atoms with Gasteiger partial charge in [-0.25, -0.2) is 0 Å². The van der Waals surface area contributed by atoms with Crippen molar-refractivity contribution in [2.45, 2.75) is 63.8 Å². The maximum Gasteiger partial charge on any atom is 0.220 e. The lowest BCUT2D eigenvalue weighted by Gasteiger charge is -2.38. The van der Waals surface area contributed by atoms with Crippen LogP contribution in [0.5, 0.6) is 0 Å². The molecule has 3 nitrogen and oxygen atoms in total. The molecule has 0 atom stereocenters. The minimum atomic E-state index is -0.275. The Morgan fingerprint density at radius 2 is 1.96 bits per heavy atom. The lowest BCUT2D eigenvalue weighted by atomic mass is 9.82. The molecule has 128 valence electrons. The Morgan fingerprint density at radius 1 is 1.22 bits per heavy atom. The molecule has 1 N–H and O–H groups in total. The van der Waals surface area contributed by atoms with E-state index in [0.717, 1.165) is 30.2 Å². The summed E-state index contributed by atoms with van der Waals surface area (Å²) in [5.74, 6) is 0.170. The Kier molecular flexibility index (Phi) is 7.57. The van der Waals surface area contributed by atoms with Crippen LogP contribution < -0.4 is 5.32 Å². The first-order valence-corrected chi connectivity index (χ1v) is 9.60. The number of hydrogen-bond acceptors (Lipinski definition) is 2. The SMILES string of the molecule is CCCCCCCC(=O)NC1(c2cccc(Br)c2)CCOCC1. The highest BCUT2D eigenvalue weighted by molar-refractivity contribution is 9.10. The van der Waals surface area contributed by atoms with E-state index in [1.807, 2.05) is 12.1 Å². The highest BCUT2D eigenvalue weighted by Gasteiger charge is 2.35. The maximum atomic E-state index is 12.4. The van der Waals surface area contributed by atoms with Crippen LogP contribution in [0.1, 0.15) is 63.9 Å². The number of benzene rings is 1. The fraction of sp³-hybridized carbons (Fsp3) is 0.632. The average Bonchev–Trinajstić information content (AvgIpc) is 2.55. The smallest absolute Gasteiger partial charge is 0.220 e. The first-order chi connectivity index (χ1) is 11.2. The molecular formula is C19H28BrNO2. The molecule has 1 aromatic carbocycles. The molecule has 1 aliphatic heterocycles. The molecular weight excluding hydrogens is 354 g/mol. The molecule has 23 heavy (non-hydrogen) atoms. The van der Waals surface area contributed by atoms with Crippen LogP contribution in [0, 0.1) is 0 Å². The molecule has 0 spiro atoms. The largest absolute Gasteiger partial charge is 0.381 e. The molecule has 2 rings (SSSR count). The van der Waals surface area contributed by atoms with Gasteiger partial charge in [0.25, 0.3) is 0 Å². The summed E-state index contributed by atoms with van der Waals surface area (Å²) in [5, 5.41) is 3.33. The first kappa shape index (κ1) is 18.5. The van der Waals surface area contributed by atoms with Crippen molar-refractivity contribution in [3.8, 4) is 0 Å². The number of unbranched alkanes of at least 4 members (excludes halogenated alkanes) is 4. The standard InChI is InChI=1S/C19H28BrNO2/c1-2-3-4-5-6-10-18(22)21-19(11-13-23-14-12-19)16-8-7-9-17(20)15-16/h7-9,15H,2-6,10-14H2,1H3,(H,21,22). The summed E-state index contributed by atoms with van der Waals surface area (Å²) < 4.78 is 6.57. The number of hydrogen-bond donors (Lipinski definition) is 1. The van der Waals surface area contributed by atoms with Crippen molar-refractivity contribution >= 4 is 21.8 Å². The van der Waals surface area contributed by atoms with E-state index in [4.69, 9.17) is 4.74 Å². The van der Waals surface area contributed by atoms with Crippen molar-refractivity contribution < 1.29 is 9.53 Å². The lowest BCUT2D eigenvalue weighted by Crippen LogP contribution is -2.49. The second-order valence-corrected chi connectivity index (χ2v) is 7.33. The van der Waals surface area contributed by atoms with E-state index in [9.17, 15) is 4.79 Å². The summed E-state index contributed by atoms with van der Waals surface area (Å²) in [4.78, 5) is 12.4. The van der Waals surface area contributed by atoms with E-state index in [-0.39, 0.29) is 11.4 Å². The van der Waals surface area contributed by atoms with Gasteiger partial charge in [-0.1, -0.05) is 60.7 Å². The van der Waals surface area contributed by atoms with Gasteiger partial charge >= 0.3 is 0 Å². The number of nitrogens with one attached hydrogen (secondary N) is 1. The Bertz CT molecular complexity index is 498. The summed E-state index contributed by atoms with van der Waals surface area (Å²) in [6.45, 7) is 3.60. The topological polar surface area (TPSA) is 38.3 Å². The number of amides is 1. The van der Waals surface area contributed by atoms with Gasteiger partial charge in [-0.3, -0.25) is 4.79 Å². The van der Waals surface area contributed by atoms with Gasteiger partial charge in [0.1, 0.15) is 0 Å². The molecule has 0 bridgehead atoms. The minimum Gasteiger partial charge on any atom is -0.381 e.